The van der Waals surface area contributed by atoms with Crippen LogP contribution in [0.1, 0.15) is 35.7 Å². The van der Waals surface area contributed by atoms with Gasteiger partial charge in [-0.05, 0) is 12.8 Å². The first-order chi connectivity index (χ1) is 6.54. The molecule has 1 aliphatic carbocycles. The lowest BCUT2D eigenvalue weighted by Crippen LogP contribution is -2.09. The first-order valence-corrected chi connectivity index (χ1v) is 4.29. The van der Waals surface area contributed by atoms with Crippen molar-refractivity contribution in [1.29, 1.82) is 0 Å². The average molecular weight is 206 g/mol. The second-order valence-electron chi connectivity index (χ2n) is 3.39. The van der Waals surface area contributed by atoms with Crippen molar-refractivity contribution in [3.8, 4) is 0 Å². The fraction of sp³-hybridized carbons (Fsp3) is 0.625. The number of hydrogen-bond donors (Lipinski definition) is 2. The van der Waals surface area contributed by atoms with Gasteiger partial charge in [0.2, 0.25) is 0 Å². The molecule has 1 aromatic heterocycles. The van der Waals surface area contributed by atoms with E-state index in [9.17, 15) is 13.2 Å². The molecule has 78 valence electrons. The quantitative estimate of drug-likeness (QED) is 0.775. The molecule has 0 aliphatic heterocycles. The summed E-state index contributed by atoms with van der Waals surface area (Å²) in [6.45, 7) is -0.614. The molecule has 1 saturated carbocycles. The SMILES string of the molecule is OCc1c(C(F)(F)F)n[nH]c1C1CC1. The molecule has 2 rings (SSSR count). The predicted octanol–water partition coefficient (Wildman–Crippen LogP) is 1.80. The van der Waals surface area contributed by atoms with Crippen LogP contribution in [-0.2, 0) is 12.8 Å². The topological polar surface area (TPSA) is 48.9 Å². The molecule has 14 heavy (non-hydrogen) atoms. The Labute approximate surface area is 77.9 Å². The minimum absolute atomic E-state index is 0.0972. The number of hydrogen-bond acceptors (Lipinski definition) is 2. The minimum Gasteiger partial charge on any atom is -0.392 e. The van der Waals surface area contributed by atoms with Crippen LogP contribution in [0.25, 0.3) is 0 Å². The van der Waals surface area contributed by atoms with Crippen molar-refractivity contribution in [2.75, 3.05) is 0 Å². The summed E-state index contributed by atoms with van der Waals surface area (Å²) in [6, 6.07) is 0. The van der Waals surface area contributed by atoms with E-state index in [1.54, 1.807) is 0 Å². The van der Waals surface area contributed by atoms with Crippen LogP contribution in [0, 0.1) is 0 Å². The number of alkyl halides is 3. The van der Waals surface area contributed by atoms with E-state index in [0.717, 1.165) is 12.8 Å². The van der Waals surface area contributed by atoms with Crippen LogP contribution in [0.5, 0.6) is 0 Å². The number of aliphatic hydroxyl groups excluding tert-OH is 1. The molecule has 1 aliphatic rings. The van der Waals surface area contributed by atoms with Gasteiger partial charge in [-0.2, -0.15) is 18.3 Å². The fourth-order valence-corrected chi connectivity index (χ4v) is 1.48. The Kier molecular flexibility index (Phi) is 2.02. The first kappa shape index (κ1) is 9.51. The molecule has 2 N–H and O–H groups in total. The third kappa shape index (κ3) is 1.50. The second-order valence-corrected chi connectivity index (χ2v) is 3.39. The Bertz CT molecular complexity index is 341. The van der Waals surface area contributed by atoms with Crippen molar-refractivity contribution in [3.63, 3.8) is 0 Å². The standard InChI is InChI=1S/C8H9F3N2O/c9-8(10,11)7-5(3-14)6(12-13-7)4-1-2-4/h4,14H,1-3H2,(H,12,13). The van der Waals surface area contributed by atoms with Crippen molar-refractivity contribution < 1.29 is 18.3 Å². The van der Waals surface area contributed by atoms with Gasteiger partial charge in [0.25, 0.3) is 0 Å². The molecule has 0 aromatic carbocycles. The highest BCUT2D eigenvalue weighted by Crippen LogP contribution is 2.43. The summed E-state index contributed by atoms with van der Waals surface area (Å²) in [5.74, 6) is 0.126. The maximum absolute atomic E-state index is 12.3. The Balaban J connectivity index is 2.41. The monoisotopic (exact) mass is 206 g/mol. The molecule has 0 amide bonds. The van der Waals surface area contributed by atoms with Gasteiger partial charge in [0, 0.05) is 17.2 Å². The van der Waals surface area contributed by atoms with Gasteiger partial charge in [0.15, 0.2) is 5.69 Å². The number of aromatic amines is 1. The van der Waals surface area contributed by atoms with Crippen molar-refractivity contribution in [1.82, 2.24) is 10.2 Å². The molecule has 0 unspecified atom stereocenters. The van der Waals surface area contributed by atoms with E-state index in [1.165, 1.54) is 0 Å². The van der Waals surface area contributed by atoms with Gasteiger partial charge < -0.3 is 5.11 Å². The molecule has 1 aromatic rings. The maximum atomic E-state index is 12.3. The van der Waals surface area contributed by atoms with Gasteiger partial charge >= 0.3 is 6.18 Å². The molecule has 0 atom stereocenters. The highest BCUT2D eigenvalue weighted by Gasteiger charge is 2.40. The van der Waals surface area contributed by atoms with Crippen molar-refractivity contribution >= 4 is 0 Å². The highest BCUT2D eigenvalue weighted by atomic mass is 19.4. The molecule has 0 saturated heterocycles. The molecular formula is C8H9F3N2O. The van der Waals surface area contributed by atoms with E-state index in [0.29, 0.717) is 5.69 Å². The summed E-state index contributed by atoms with van der Waals surface area (Å²) in [5.41, 5.74) is -0.637. The smallest absolute Gasteiger partial charge is 0.392 e. The predicted molar refractivity (Wildman–Crippen MR) is 41.5 cm³/mol. The summed E-state index contributed by atoms with van der Waals surface area (Å²) in [4.78, 5) is 0. The molecule has 0 bridgehead atoms. The van der Waals surface area contributed by atoms with Gasteiger partial charge in [-0.3, -0.25) is 5.10 Å². The summed E-state index contributed by atoms with van der Waals surface area (Å²) in [5, 5.41) is 14.4. The largest absolute Gasteiger partial charge is 0.435 e. The number of nitrogens with one attached hydrogen (secondary N) is 1. The lowest BCUT2D eigenvalue weighted by molar-refractivity contribution is -0.142. The van der Waals surface area contributed by atoms with E-state index in [2.05, 4.69) is 10.2 Å². The number of aliphatic hydroxyl groups is 1. The Morgan fingerprint density at radius 3 is 2.50 bits per heavy atom. The number of nitrogens with zero attached hydrogens (tertiary/aromatic N) is 1. The van der Waals surface area contributed by atoms with E-state index in [-0.39, 0.29) is 11.5 Å². The Morgan fingerprint density at radius 1 is 1.43 bits per heavy atom. The van der Waals surface area contributed by atoms with E-state index >= 15 is 0 Å². The number of halogens is 3. The second kappa shape index (κ2) is 2.98. The van der Waals surface area contributed by atoms with Crippen LogP contribution >= 0.6 is 0 Å². The van der Waals surface area contributed by atoms with Gasteiger partial charge in [0.05, 0.1) is 6.61 Å². The van der Waals surface area contributed by atoms with Crippen LogP contribution < -0.4 is 0 Å². The van der Waals surface area contributed by atoms with Crippen LogP contribution in [0.2, 0.25) is 0 Å². The van der Waals surface area contributed by atoms with E-state index in [1.807, 2.05) is 0 Å². The zero-order chi connectivity index (χ0) is 10.3. The summed E-state index contributed by atoms with van der Waals surface area (Å²) >= 11 is 0. The van der Waals surface area contributed by atoms with Crippen LogP contribution in [0.4, 0.5) is 13.2 Å². The number of rotatable bonds is 2. The van der Waals surface area contributed by atoms with Crippen molar-refractivity contribution in [2.45, 2.75) is 31.5 Å². The molecule has 0 radical (unpaired) electrons. The molecule has 3 nitrogen and oxygen atoms in total. The Hall–Kier alpha value is -1.04. The summed E-state index contributed by atoms with van der Waals surface area (Å²) in [7, 11) is 0. The average Bonchev–Trinajstić information content (AvgIpc) is 2.82. The normalized spacial score (nSPS) is 17.4. The lowest BCUT2D eigenvalue weighted by Gasteiger charge is -2.04. The van der Waals surface area contributed by atoms with Crippen LogP contribution in [0.15, 0.2) is 0 Å². The van der Waals surface area contributed by atoms with E-state index in [4.69, 9.17) is 5.11 Å². The lowest BCUT2D eigenvalue weighted by atomic mass is 10.1. The summed E-state index contributed by atoms with van der Waals surface area (Å²) in [6.07, 6.45) is -2.75. The van der Waals surface area contributed by atoms with Crippen molar-refractivity contribution in [3.05, 3.63) is 17.0 Å². The number of aromatic nitrogens is 2. The van der Waals surface area contributed by atoms with Gasteiger partial charge in [-0.15, -0.1) is 0 Å². The van der Waals surface area contributed by atoms with Crippen molar-refractivity contribution in [2.24, 2.45) is 0 Å². The molecule has 0 spiro atoms. The Morgan fingerprint density at radius 2 is 2.07 bits per heavy atom. The van der Waals surface area contributed by atoms with Crippen LogP contribution in [0.3, 0.4) is 0 Å². The third-order valence-electron chi connectivity index (χ3n) is 2.31. The first-order valence-electron chi connectivity index (χ1n) is 4.29. The molecule has 1 heterocycles. The number of H-pyrrole nitrogens is 1. The molecular weight excluding hydrogens is 197 g/mol. The van der Waals surface area contributed by atoms with E-state index < -0.39 is 18.5 Å². The summed E-state index contributed by atoms with van der Waals surface area (Å²) < 4.78 is 37.0. The maximum Gasteiger partial charge on any atom is 0.435 e. The molecule has 6 heteroatoms. The third-order valence-corrected chi connectivity index (χ3v) is 2.31. The fourth-order valence-electron chi connectivity index (χ4n) is 1.48. The minimum atomic E-state index is -4.48. The van der Waals surface area contributed by atoms with Gasteiger partial charge in [0.1, 0.15) is 0 Å². The van der Waals surface area contributed by atoms with Gasteiger partial charge in [-0.25, -0.2) is 0 Å². The van der Waals surface area contributed by atoms with Gasteiger partial charge in [-0.1, -0.05) is 0 Å². The van der Waals surface area contributed by atoms with Crippen LogP contribution in [-0.4, -0.2) is 15.3 Å². The highest BCUT2D eigenvalue weighted by molar-refractivity contribution is 5.31. The molecule has 1 fully saturated rings. The zero-order valence-electron chi connectivity index (χ0n) is 7.23. The zero-order valence-corrected chi connectivity index (χ0v) is 7.23.